The summed E-state index contributed by atoms with van der Waals surface area (Å²) in [5.41, 5.74) is 0.114. The molecule has 184 valence electrons. The number of esters is 2. The van der Waals surface area contributed by atoms with E-state index in [0.717, 1.165) is 8.95 Å². The third-order valence-electron chi connectivity index (χ3n) is 3.71. The number of nitrogens with one attached hydrogen (secondary N) is 1. The molecule has 11 heteroatoms. The van der Waals surface area contributed by atoms with Crippen LogP contribution in [0.1, 0.15) is 41.5 Å². The van der Waals surface area contributed by atoms with Gasteiger partial charge in [0.25, 0.3) is 5.24 Å². The molecule has 0 radical (unpaired) electrons. The quantitative estimate of drug-likeness (QED) is 0.258. The predicted octanol–water partition coefficient (Wildman–Crippen LogP) is 5.50. The summed E-state index contributed by atoms with van der Waals surface area (Å²) in [5, 5.41) is 1.90. The second-order valence-electron chi connectivity index (χ2n) is 7.61. The molecule has 0 bridgehead atoms. The third kappa shape index (κ3) is 11.6. The van der Waals surface area contributed by atoms with Gasteiger partial charge in [0.1, 0.15) is 12.2 Å². The monoisotopic (exact) mass is 619 g/mol. The van der Waals surface area contributed by atoms with Crippen molar-refractivity contribution >= 4 is 66.7 Å². The first-order chi connectivity index (χ1) is 15.8. The summed E-state index contributed by atoms with van der Waals surface area (Å²) in [6.07, 6.45) is -0.808. The number of alkyl carbamates (subject to hydrolysis) is 1. The Morgan fingerprint density at radius 1 is 0.912 bits per heavy atom. The van der Waals surface area contributed by atoms with Crippen LogP contribution < -0.4 is 5.32 Å². The smallest absolute Gasteiger partial charge is 0.408 e. The van der Waals surface area contributed by atoms with Crippen LogP contribution in [0.15, 0.2) is 57.5 Å². The lowest BCUT2D eigenvalue weighted by Gasteiger charge is -2.22. The van der Waals surface area contributed by atoms with E-state index in [-0.39, 0.29) is 6.61 Å². The molecule has 0 unspecified atom stereocenters. The summed E-state index contributed by atoms with van der Waals surface area (Å²) in [5.74, 6) is -1.37. The molecule has 0 aromatic heterocycles. The number of carbonyl (C=O) groups is 4. The van der Waals surface area contributed by atoms with Gasteiger partial charge in [0.15, 0.2) is 6.04 Å². The molecular weight excluding hydrogens is 598 g/mol. The molecule has 0 spiro atoms. The lowest BCUT2D eigenvalue weighted by molar-refractivity contribution is -0.144. The normalized spacial score (nSPS) is 11.3. The second kappa shape index (κ2) is 14.1. The molecule has 0 aliphatic rings. The molecule has 34 heavy (non-hydrogen) atoms. The van der Waals surface area contributed by atoms with E-state index in [2.05, 4.69) is 41.9 Å². The molecule has 0 saturated carbocycles. The number of rotatable bonds is 6. The largest absolute Gasteiger partial charge is 0.467 e. The van der Waals surface area contributed by atoms with Gasteiger partial charge in [-0.3, -0.25) is 4.79 Å². The van der Waals surface area contributed by atoms with Gasteiger partial charge in [-0.25, -0.2) is 14.4 Å². The van der Waals surface area contributed by atoms with Crippen LogP contribution in [0.5, 0.6) is 0 Å². The maximum Gasteiger partial charge on any atom is 0.408 e. The van der Waals surface area contributed by atoms with Crippen molar-refractivity contribution < 1.29 is 33.4 Å². The van der Waals surface area contributed by atoms with E-state index in [1.54, 1.807) is 69.3 Å². The van der Waals surface area contributed by atoms with Crippen LogP contribution in [-0.4, -0.2) is 48.6 Å². The Morgan fingerprint density at radius 3 is 1.79 bits per heavy atom. The van der Waals surface area contributed by atoms with Crippen molar-refractivity contribution in [2.45, 2.75) is 32.4 Å². The van der Waals surface area contributed by atoms with E-state index in [0.29, 0.717) is 11.1 Å². The van der Waals surface area contributed by atoms with Gasteiger partial charge in [-0.2, -0.15) is 0 Å². The summed E-state index contributed by atoms with van der Waals surface area (Å²) in [4.78, 5) is 45.9. The van der Waals surface area contributed by atoms with Crippen LogP contribution in [0.25, 0.3) is 0 Å². The fourth-order valence-corrected chi connectivity index (χ4v) is 2.82. The number of carbonyl (C=O) groups excluding carboxylic acids is 4. The molecule has 1 atom stereocenters. The van der Waals surface area contributed by atoms with Crippen LogP contribution in [0, 0.1) is 0 Å². The van der Waals surface area contributed by atoms with Crippen molar-refractivity contribution in [1.82, 2.24) is 5.32 Å². The maximum absolute atomic E-state index is 12.0. The van der Waals surface area contributed by atoms with Gasteiger partial charge in [-0.15, -0.1) is 0 Å². The van der Waals surface area contributed by atoms with Crippen LogP contribution in [0.4, 0.5) is 4.79 Å². The molecular formula is C23H24Br2ClNO7. The Hall–Kier alpha value is -2.43. The highest BCUT2D eigenvalue weighted by Gasteiger charge is 2.26. The van der Waals surface area contributed by atoms with E-state index in [1.165, 1.54) is 7.11 Å². The zero-order valence-corrected chi connectivity index (χ0v) is 22.8. The molecule has 0 saturated heterocycles. The number of hydrogen-bond donors (Lipinski definition) is 1. The average Bonchev–Trinajstić information content (AvgIpc) is 2.75. The lowest BCUT2D eigenvalue weighted by Crippen LogP contribution is -2.47. The van der Waals surface area contributed by atoms with Gasteiger partial charge in [0, 0.05) is 14.5 Å². The maximum atomic E-state index is 12.0. The molecule has 8 nitrogen and oxygen atoms in total. The number of amides is 1. The van der Waals surface area contributed by atoms with Gasteiger partial charge in [-0.1, -0.05) is 31.9 Å². The zero-order valence-electron chi connectivity index (χ0n) is 18.9. The minimum atomic E-state index is -1.16. The van der Waals surface area contributed by atoms with Crippen molar-refractivity contribution in [1.29, 1.82) is 0 Å². The van der Waals surface area contributed by atoms with Crippen molar-refractivity contribution in [3.8, 4) is 0 Å². The highest BCUT2D eigenvalue weighted by molar-refractivity contribution is 9.10. The molecule has 2 rings (SSSR count). The fraction of sp³-hybridized carbons (Fsp3) is 0.304. The van der Waals surface area contributed by atoms with Gasteiger partial charge in [-0.05, 0) is 80.9 Å². The second-order valence-corrected chi connectivity index (χ2v) is 9.78. The summed E-state index contributed by atoms with van der Waals surface area (Å²) in [6, 6.07) is 12.2. The van der Waals surface area contributed by atoms with E-state index in [4.69, 9.17) is 21.1 Å². The van der Waals surface area contributed by atoms with Crippen LogP contribution in [0.3, 0.4) is 0 Å². The first-order valence-corrected chi connectivity index (χ1v) is 11.7. The summed E-state index contributed by atoms with van der Waals surface area (Å²) in [6.45, 7) is 4.69. The SMILES string of the molecule is COC(=O)[C@H](COC(=O)c1ccc(Br)cc1)NC(=O)OC(C)(C)C.O=C(Cl)c1ccc(Br)cc1. The predicted molar refractivity (Wildman–Crippen MR) is 134 cm³/mol. The lowest BCUT2D eigenvalue weighted by atomic mass is 10.2. The number of methoxy groups -OCH3 is 1. The van der Waals surface area contributed by atoms with Crippen LogP contribution >= 0.6 is 43.5 Å². The Kier molecular flexibility index (Phi) is 12.3. The van der Waals surface area contributed by atoms with Crippen LogP contribution in [-0.2, 0) is 19.0 Å². The minimum Gasteiger partial charge on any atom is -0.467 e. The highest BCUT2D eigenvalue weighted by atomic mass is 79.9. The highest BCUT2D eigenvalue weighted by Crippen LogP contribution is 2.13. The van der Waals surface area contributed by atoms with Crippen molar-refractivity contribution in [2.24, 2.45) is 0 Å². The number of ether oxygens (including phenoxy) is 3. The molecule has 0 aliphatic heterocycles. The minimum absolute atomic E-state index is 0.319. The van der Waals surface area contributed by atoms with E-state index >= 15 is 0 Å². The van der Waals surface area contributed by atoms with E-state index in [1.807, 2.05) is 0 Å². The number of halogens is 3. The zero-order chi connectivity index (χ0) is 25.9. The summed E-state index contributed by atoms with van der Waals surface area (Å²) < 4.78 is 16.5. The fourth-order valence-electron chi connectivity index (χ4n) is 2.17. The Morgan fingerprint density at radius 2 is 1.38 bits per heavy atom. The average molecular weight is 622 g/mol. The molecule has 1 amide bonds. The van der Waals surface area contributed by atoms with Crippen molar-refractivity contribution in [2.75, 3.05) is 13.7 Å². The summed E-state index contributed by atoms with van der Waals surface area (Å²) >= 11 is 11.7. The van der Waals surface area contributed by atoms with Crippen molar-refractivity contribution in [3.05, 3.63) is 68.6 Å². The van der Waals surface area contributed by atoms with E-state index in [9.17, 15) is 19.2 Å². The van der Waals surface area contributed by atoms with Crippen molar-refractivity contribution in [3.63, 3.8) is 0 Å². The summed E-state index contributed by atoms with van der Waals surface area (Å²) in [7, 11) is 1.17. The van der Waals surface area contributed by atoms with E-state index < -0.39 is 34.9 Å². The molecule has 2 aromatic carbocycles. The standard InChI is InChI=1S/C16H20BrNO6.C7H4BrClO/c1-16(2,3)24-15(21)18-12(14(20)22-4)9-23-13(19)10-5-7-11(17)8-6-10;8-6-3-1-5(2-4-6)7(9)10/h5-8,12H,9H2,1-4H3,(H,18,21);1-4H/t12-;/m0./s1. The molecule has 0 aliphatic carbocycles. The van der Waals surface area contributed by atoms with Gasteiger partial charge in [0.05, 0.1) is 12.7 Å². The first-order valence-electron chi connectivity index (χ1n) is 9.78. The number of benzene rings is 2. The van der Waals surface area contributed by atoms with Gasteiger partial charge < -0.3 is 19.5 Å². The topological polar surface area (TPSA) is 108 Å². The Balaban J connectivity index is 0.000000479. The Labute approximate surface area is 219 Å². The molecule has 2 aromatic rings. The number of hydrogen-bond acceptors (Lipinski definition) is 7. The molecule has 0 heterocycles. The molecule has 0 fully saturated rings. The van der Waals surface area contributed by atoms with Crippen LogP contribution in [0.2, 0.25) is 0 Å². The third-order valence-corrected chi connectivity index (χ3v) is 4.98. The first kappa shape index (κ1) is 29.6. The van der Waals surface area contributed by atoms with Gasteiger partial charge in [0.2, 0.25) is 0 Å². The molecule has 1 N–H and O–H groups in total. The van der Waals surface area contributed by atoms with Gasteiger partial charge >= 0.3 is 18.0 Å². The Bertz CT molecular complexity index is 990.